The van der Waals surface area contributed by atoms with Gasteiger partial charge in [-0.3, -0.25) is 0 Å². The minimum Gasteiger partial charge on any atom is -0.307 e. The Morgan fingerprint density at radius 2 is 2.00 bits per heavy atom. The Morgan fingerprint density at radius 3 is 2.70 bits per heavy atom. The average molecular weight is 289 g/mol. The van der Waals surface area contributed by atoms with Crippen LogP contribution in [-0.4, -0.2) is 6.04 Å². The van der Waals surface area contributed by atoms with E-state index in [4.69, 9.17) is 0 Å². The summed E-state index contributed by atoms with van der Waals surface area (Å²) in [6, 6.07) is 12.3. The second-order valence-electron chi connectivity index (χ2n) is 5.66. The summed E-state index contributed by atoms with van der Waals surface area (Å²) in [6.45, 7) is 2.23. The fourth-order valence-electron chi connectivity index (χ4n) is 3.14. The molecule has 2 aromatic rings. The van der Waals surface area contributed by atoms with E-state index < -0.39 is 0 Å². The molecule has 1 heterocycles. The molecule has 1 aromatic heterocycles. The van der Waals surface area contributed by atoms with Crippen LogP contribution < -0.4 is 5.32 Å². The third kappa shape index (κ3) is 3.10. The monoisotopic (exact) mass is 289 g/mol. The zero-order valence-corrected chi connectivity index (χ0v) is 12.5. The van der Waals surface area contributed by atoms with Gasteiger partial charge in [0, 0.05) is 17.0 Å². The van der Waals surface area contributed by atoms with Crippen LogP contribution in [0.2, 0.25) is 0 Å². The van der Waals surface area contributed by atoms with Crippen LogP contribution in [0, 0.1) is 5.82 Å². The van der Waals surface area contributed by atoms with Crippen molar-refractivity contribution in [3.05, 3.63) is 58.0 Å². The number of nitrogens with one attached hydrogen (secondary N) is 1. The summed E-state index contributed by atoms with van der Waals surface area (Å²) < 4.78 is 13.0. The van der Waals surface area contributed by atoms with Crippen molar-refractivity contribution >= 4 is 11.3 Å². The van der Waals surface area contributed by atoms with E-state index in [1.807, 2.05) is 23.5 Å². The molecule has 0 spiro atoms. The Balaban J connectivity index is 1.58. The second kappa shape index (κ2) is 6.06. The van der Waals surface area contributed by atoms with Crippen molar-refractivity contribution in [2.75, 3.05) is 0 Å². The van der Waals surface area contributed by atoms with Gasteiger partial charge in [-0.25, -0.2) is 4.39 Å². The van der Waals surface area contributed by atoms with Gasteiger partial charge in [0.2, 0.25) is 0 Å². The molecule has 0 aliphatic heterocycles. The molecule has 1 aromatic carbocycles. The Hall–Kier alpha value is -1.19. The highest BCUT2D eigenvalue weighted by atomic mass is 32.1. The SMILES string of the molecule is CC(NC1CCC(c2ccc(F)cc2)C1)c1cccs1. The third-order valence-electron chi connectivity index (χ3n) is 4.23. The Labute approximate surface area is 123 Å². The van der Waals surface area contributed by atoms with Gasteiger partial charge in [-0.15, -0.1) is 11.3 Å². The van der Waals surface area contributed by atoms with Gasteiger partial charge in [0.05, 0.1) is 0 Å². The molecule has 0 radical (unpaired) electrons. The van der Waals surface area contributed by atoms with Crippen LogP contribution in [0.15, 0.2) is 41.8 Å². The van der Waals surface area contributed by atoms with Crippen LogP contribution in [-0.2, 0) is 0 Å². The lowest BCUT2D eigenvalue weighted by molar-refractivity contribution is 0.461. The first-order valence-electron chi connectivity index (χ1n) is 7.27. The third-order valence-corrected chi connectivity index (χ3v) is 5.28. The normalized spacial score (nSPS) is 23.9. The summed E-state index contributed by atoms with van der Waals surface area (Å²) in [5, 5.41) is 5.86. The van der Waals surface area contributed by atoms with Gasteiger partial charge < -0.3 is 5.32 Å². The van der Waals surface area contributed by atoms with E-state index >= 15 is 0 Å². The van der Waals surface area contributed by atoms with E-state index in [1.54, 1.807) is 12.1 Å². The van der Waals surface area contributed by atoms with E-state index in [-0.39, 0.29) is 5.82 Å². The number of rotatable bonds is 4. The van der Waals surface area contributed by atoms with Gasteiger partial charge in [-0.05, 0) is 61.2 Å². The van der Waals surface area contributed by atoms with Crippen LogP contribution in [0.1, 0.15) is 48.6 Å². The summed E-state index contributed by atoms with van der Waals surface area (Å²) in [7, 11) is 0. The van der Waals surface area contributed by atoms with E-state index in [0.29, 0.717) is 18.0 Å². The highest BCUT2D eigenvalue weighted by Crippen LogP contribution is 2.35. The molecule has 0 amide bonds. The van der Waals surface area contributed by atoms with E-state index in [9.17, 15) is 4.39 Å². The van der Waals surface area contributed by atoms with Crippen LogP contribution in [0.25, 0.3) is 0 Å². The van der Waals surface area contributed by atoms with Crippen molar-refractivity contribution in [3.63, 3.8) is 0 Å². The van der Waals surface area contributed by atoms with Crippen LogP contribution >= 0.6 is 11.3 Å². The predicted molar refractivity (Wildman–Crippen MR) is 82.6 cm³/mol. The zero-order valence-electron chi connectivity index (χ0n) is 11.7. The lowest BCUT2D eigenvalue weighted by Gasteiger charge is -2.19. The van der Waals surface area contributed by atoms with Crippen molar-refractivity contribution in [2.24, 2.45) is 0 Å². The van der Waals surface area contributed by atoms with Crippen LogP contribution in [0.3, 0.4) is 0 Å². The topological polar surface area (TPSA) is 12.0 Å². The van der Waals surface area contributed by atoms with Gasteiger partial charge in [-0.1, -0.05) is 18.2 Å². The fourth-order valence-corrected chi connectivity index (χ4v) is 3.89. The lowest BCUT2D eigenvalue weighted by atomic mass is 9.97. The maximum atomic E-state index is 13.0. The molecule has 0 bridgehead atoms. The summed E-state index contributed by atoms with van der Waals surface area (Å²) in [5.41, 5.74) is 1.28. The second-order valence-corrected chi connectivity index (χ2v) is 6.64. The largest absolute Gasteiger partial charge is 0.307 e. The Kier molecular flexibility index (Phi) is 4.18. The van der Waals surface area contributed by atoms with E-state index in [1.165, 1.54) is 23.3 Å². The molecule has 20 heavy (non-hydrogen) atoms. The maximum absolute atomic E-state index is 13.0. The molecule has 1 N–H and O–H groups in total. The smallest absolute Gasteiger partial charge is 0.123 e. The molecular weight excluding hydrogens is 269 g/mol. The molecule has 1 fully saturated rings. The van der Waals surface area contributed by atoms with Crippen molar-refractivity contribution in [1.29, 1.82) is 0 Å². The first-order chi connectivity index (χ1) is 9.72. The van der Waals surface area contributed by atoms with Crippen molar-refractivity contribution < 1.29 is 4.39 Å². The molecular formula is C17H20FNS. The molecule has 3 atom stereocenters. The van der Waals surface area contributed by atoms with E-state index in [2.05, 4.69) is 29.8 Å². The van der Waals surface area contributed by atoms with Crippen molar-refractivity contribution in [2.45, 2.75) is 44.2 Å². The quantitative estimate of drug-likeness (QED) is 0.846. The van der Waals surface area contributed by atoms with Gasteiger partial charge >= 0.3 is 0 Å². The van der Waals surface area contributed by atoms with E-state index in [0.717, 1.165) is 6.42 Å². The number of benzene rings is 1. The molecule has 3 unspecified atom stereocenters. The first-order valence-corrected chi connectivity index (χ1v) is 8.15. The molecule has 0 saturated heterocycles. The highest BCUT2D eigenvalue weighted by Gasteiger charge is 2.27. The molecule has 106 valence electrons. The summed E-state index contributed by atoms with van der Waals surface area (Å²) in [4.78, 5) is 1.40. The minimum absolute atomic E-state index is 0.146. The van der Waals surface area contributed by atoms with Gasteiger partial charge in [0.25, 0.3) is 0 Å². The van der Waals surface area contributed by atoms with Crippen molar-refractivity contribution in [1.82, 2.24) is 5.32 Å². The molecule has 1 aliphatic carbocycles. The number of hydrogen-bond acceptors (Lipinski definition) is 2. The predicted octanol–water partition coefficient (Wildman–Crippen LogP) is 4.87. The fraction of sp³-hybridized carbons (Fsp3) is 0.412. The van der Waals surface area contributed by atoms with Gasteiger partial charge in [0.15, 0.2) is 0 Å². The van der Waals surface area contributed by atoms with Crippen LogP contribution in [0.5, 0.6) is 0 Å². The maximum Gasteiger partial charge on any atom is 0.123 e. The number of thiophene rings is 1. The number of hydrogen-bond donors (Lipinski definition) is 1. The Bertz CT molecular complexity index is 535. The molecule has 1 nitrogen and oxygen atoms in total. The summed E-state index contributed by atoms with van der Waals surface area (Å²) in [5.74, 6) is 0.427. The zero-order chi connectivity index (χ0) is 13.9. The average Bonchev–Trinajstić information content (AvgIpc) is 3.10. The molecule has 3 rings (SSSR count). The molecule has 1 aliphatic rings. The van der Waals surface area contributed by atoms with Gasteiger partial charge in [0.1, 0.15) is 5.82 Å². The number of halogens is 1. The lowest BCUT2D eigenvalue weighted by Crippen LogP contribution is -2.28. The molecule has 3 heteroatoms. The standard InChI is InChI=1S/C17H20FNS/c1-12(17-3-2-10-20-17)19-16-9-6-14(11-16)13-4-7-15(18)8-5-13/h2-5,7-8,10,12,14,16,19H,6,9,11H2,1H3. The van der Waals surface area contributed by atoms with Crippen molar-refractivity contribution in [3.8, 4) is 0 Å². The summed E-state index contributed by atoms with van der Waals surface area (Å²) in [6.07, 6.45) is 3.56. The van der Waals surface area contributed by atoms with Crippen LogP contribution in [0.4, 0.5) is 4.39 Å². The first kappa shape index (κ1) is 13.8. The van der Waals surface area contributed by atoms with Gasteiger partial charge in [-0.2, -0.15) is 0 Å². The summed E-state index contributed by atoms with van der Waals surface area (Å²) >= 11 is 1.81. The highest BCUT2D eigenvalue weighted by molar-refractivity contribution is 7.10. The minimum atomic E-state index is -0.146. The Morgan fingerprint density at radius 1 is 1.20 bits per heavy atom. The molecule has 1 saturated carbocycles.